The standard InChI is InChI=1S/C20H28N6O/c1-20(2,3)18-13-19(21)26(23-18)16-5-4-15-14-25(22-17(15)12-16)7-6-24-8-10-27-11-9-24/h4-5,12-14H,6-11,21H2,1-3H3. The topological polar surface area (TPSA) is 74.1 Å². The first kappa shape index (κ1) is 18.0. The second-order valence-corrected chi connectivity index (χ2v) is 8.21. The van der Waals surface area contributed by atoms with Crippen LogP contribution in [0.4, 0.5) is 5.82 Å². The van der Waals surface area contributed by atoms with Crippen molar-refractivity contribution in [1.29, 1.82) is 0 Å². The summed E-state index contributed by atoms with van der Waals surface area (Å²) in [6.45, 7) is 11.9. The number of nitrogens with zero attached hydrogens (tertiary/aromatic N) is 5. The van der Waals surface area contributed by atoms with Crippen LogP contribution >= 0.6 is 0 Å². The first-order valence-corrected chi connectivity index (χ1v) is 9.54. The Morgan fingerprint density at radius 1 is 1.07 bits per heavy atom. The minimum absolute atomic E-state index is 0.0372. The quantitative estimate of drug-likeness (QED) is 0.766. The van der Waals surface area contributed by atoms with Crippen LogP contribution in [0.15, 0.2) is 30.5 Å². The van der Waals surface area contributed by atoms with Gasteiger partial charge in [0.15, 0.2) is 0 Å². The van der Waals surface area contributed by atoms with Gasteiger partial charge < -0.3 is 10.5 Å². The number of nitrogen functional groups attached to an aromatic ring is 1. The molecule has 7 heteroatoms. The molecule has 2 N–H and O–H groups in total. The van der Waals surface area contributed by atoms with E-state index in [-0.39, 0.29) is 5.41 Å². The zero-order valence-electron chi connectivity index (χ0n) is 16.4. The summed E-state index contributed by atoms with van der Waals surface area (Å²) in [5.74, 6) is 0.644. The molecule has 1 aliphatic heterocycles. The summed E-state index contributed by atoms with van der Waals surface area (Å²) in [5, 5.41) is 10.6. The van der Waals surface area contributed by atoms with Crippen LogP contribution in [0, 0.1) is 0 Å². The van der Waals surface area contributed by atoms with Gasteiger partial charge in [0.1, 0.15) is 5.82 Å². The van der Waals surface area contributed by atoms with E-state index in [9.17, 15) is 0 Å². The van der Waals surface area contributed by atoms with E-state index in [1.807, 2.05) is 16.8 Å². The van der Waals surface area contributed by atoms with Crippen LogP contribution in [0.2, 0.25) is 0 Å². The normalized spacial score (nSPS) is 16.3. The maximum Gasteiger partial charge on any atom is 0.127 e. The monoisotopic (exact) mass is 368 g/mol. The van der Waals surface area contributed by atoms with Crippen molar-refractivity contribution in [2.75, 3.05) is 38.6 Å². The van der Waals surface area contributed by atoms with Crippen LogP contribution in [-0.4, -0.2) is 57.3 Å². The van der Waals surface area contributed by atoms with E-state index in [0.717, 1.165) is 61.7 Å². The highest BCUT2D eigenvalue weighted by Gasteiger charge is 2.19. The number of ether oxygens (including phenoxy) is 1. The van der Waals surface area contributed by atoms with E-state index in [1.165, 1.54) is 0 Å². The third-order valence-electron chi connectivity index (χ3n) is 5.04. The number of rotatable bonds is 4. The molecule has 3 heterocycles. The number of benzene rings is 1. The van der Waals surface area contributed by atoms with Crippen molar-refractivity contribution in [3.05, 3.63) is 36.2 Å². The lowest BCUT2D eigenvalue weighted by Gasteiger charge is -2.26. The Morgan fingerprint density at radius 2 is 1.85 bits per heavy atom. The van der Waals surface area contributed by atoms with Gasteiger partial charge in [0, 0.05) is 42.7 Å². The Hall–Kier alpha value is -2.38. The van der Waals surface area contributed by atoms with Gasteiger partial charge >= 0.3 is 0 Å². The largest absolute Gasteiger partial charge is 0.384 e. The minimum atomic E-state index is -0.0372. The lowest BCUT2D eigenvalue weighted by molar-refractivity contribution is 0.0360. The smallest absolute Gasteiger partial charge is 0.127 e. The number of anilines is 1. The molecule has 0 unspecified atom stereocenters. The number of hydrogen-bond acceptors (Lipinski definition) is 5. The molecule has 0 saturated carbocycles. The molecule has 1 aromatic carbocycles. The highest BCUT2D eigenvalue weighted by atomic mass is 16.5. The van der Waals surface area contributed by atoms with Crippen LogP contribution in [0.5, 0.6) is 0 Å². The Bertz CT molecular complexity index is 930. The lowest BCUT2D eigenvalue weighted by atomic mass is 9.92. The SMILES string of the molecule is CC(C)(C)c1cc(N)n(-c2ccc3cn(CCN4CCOCC4)nc3c2)n1. The van der Waals surface area contributed by atoms with Crippen LogP contribution < -0.4 is 5.73 Å². The van der Waals surface area contributed by atoms with Crippen molar-refractivity contribution >= 4 is 16.7 Å². The fourth-order valence-electron chi connectivity index (χ4n) is 3.34. The van der Waals surface area contributed by atoms with Crippen molar-refractivity contribution in [3.8, 4) is 5.69 Å². The molecule has 7 nitrogen and oxygen atoms in total. The lowest BCUT2D eigenvalue weighted by Crippen LogP contribution is -2.38. The summed E-state index contributed by atoms with van der Waals surface area (Å²) in [7, 11) is 0. The summed E-state index contributed by atoms with van der Waals surface area (Å²) in [4.78, 5) is 2.42. The van der Waals surface area contributed by atoms with Crippen molar-refractivity contribution in [2.24, 2.45) is 0 Å². The maximum absolute atomic E-state index is 6.21. The molecule has 1 aliphatic rings. The van der Waals surface area contributed by atoms with Crippen molar-refractivity contribution in [2.45, 2.75) is 32.7 Å². The van der Waals surface area contributed by atoms with Crippen LogP contribution in [-0.2, 0) is 16.7 Å². The zero-order valence-corrected chi connectivity index (χ0v) is 16.4. The minimum Gasteiger partial charge on any atom is -0.384 e. The van der Waals surface area contributed by atoms with E-state index < -0.39 is 0 Å². The van der Waals surface area contributed by atoms with E-state index in [1.54, 1.807) is 4.68 Å². The molecule has 0 atom stereocenters. The Kier molecular flexibility index (Phi) is 4.65. The van der Waals surface area contributed by atoms with E-state index in [4.69, 9.17) is 20.7 Å². The number of hydrogen-bond donors (Lipinski definition) is 1. The van der Waals surface area contributed by atoms with E-state index in [2.05, 4.69) is 44.0 Å². The third kappa shape index (κ3) is 3.84. The number of morpholine rings is 1. The number of nitrogens with two attached hydrogens (primary N) is 1. The maximum atomic E-state index is 6.21. The molecule has 2 aromatic heterocycles. The van der Waals surface area contributed by atoms with Crippen LogP contribution in [0.1, 0.15) is 26.5 Å². The molecule has 0 spiro atoms. The molecule has 0 bridgehead atoms. The fourth-order valence-corrected chi connectivity index (χ4v) is 3.34. The predicted octanol–water partition coefficient (Wildman–Crippen LogP) is 2.43. The van der Waals surface area contributed by atoms with Crippen molar-refractivity contribution < 1.29 is 4.74 Å². The van der Waals surface area contributed by atoms with Crippen LogP contribution in [0.3, 0.4) is 0 Å². The first-order chi connectivity index (χ1) is 12.9. The number of fused-ring (bicyclic) bond motifs is 1. The molecule has 1 saturated heterocycles. The molecule has 3 aromatic rings. The van der Waals surface area contributed by atoms with Gasteiger partial charge in [0.25, 0.3) is 0 Å². The second kappa shape index (κ2) is 6.98. The van der Waals surface area contributed by atoms with Crippen molar-refractivity contribution in [1.82, 2.24) is 24.5 Å². The fraction of sp³-hybridized carbons (Fsp3) is 0.500. The molecular formula is C20H28N6O. The Balaban J connectivity index is 1.55. The molecular weight excluding hydrogens is 340 g/mol. The van der Waals surface area contributed by atoms with Crippen LogP contribution in [0.25, 0.3) is 16.6 Å². The first-order valence-electron chi connectivity index (χ1n) is 9.54. The Labute approximate surface area is 159 Å². The average molecular weight is 368 g/mol. The average Bonchev–Trinajstić information content (AvgIpc) is 3.23. The number of aromatic nitrogens is 4. The molecule has 144 valence electrons. The summed E-state index contributed by atoms with van der Waals surface area (Å²) in [6.07, 6.45) is 2.10. The summed E-state index contributed by atoms with van der Waals surface area (Å²) >= 11 is 0. The van der Waals surface area contributed by atoms with Gasteiger partial charge in [-0.1, -0.05) is 20.8 Å². The predicted molar refractivity (Wildman–Crippen MR) is 107 cm³/mol. The molecule has 27 heavy (non-hydrogen) atoms. The van der Waals surface area contributed by atoms with Gasteiger partial charge in [-0.3, -0.25) is 9.58 Å². The molecule has 0 amide bonds. The molecule has 1 fully saturated rings. The van der Waals surface area contributed by atoms with Gasteiger partial charge in [-0.2, -0.15) is 10.2 Å². The zero-order chi connectivity index (χ0) is 19.0. The molecule has 4 rings (SSSR count). The third-order valence-corrected chi connectivity index (χ3v) is 5.04. The van der Waals surface area contributed by atoms with Gasteiger partial charge in [-0.15, -0.1) is 0 Å². The molecule has 0 aliphatic carbocycles. The van der Waals surface area contributed by atoms with Gasteiger partial charge in [-0.25, -0.2) is 4.68 Å². The highest BCUT2D eigenvalue weighted by Crippen LogP contribution is 2.26. The summed E-state index contributed by atoms with van der Waals surface area (Å²) < 4.78 is 9.23. The van der Waals surface area contributed by atoms with Crippen molar-refractivity contribution in [3.63, 3.8) is 0 Å². The van der Waals surface area contributed by atoms with E-state index >= 15 is 0 Å². The molecule has 0 radical (unpaired) electrons. The summed E-state index contributed by atoms with van der Waals surface area (Å²) in [6, 6.07) is 8.13. The summed E-state index contributed by atoms with van der Waals surface area (Å²) in [5.41, 5.74) is 9.05. The van der Waals surface area contributed by atoms with E-state index in [0.29, 0.717) is 5.82 Å². The van der Waals surface area contributed by atoms with Gasteiger partial charge in [-0.05, 0) is 18.2 Å². The van der Waals surface area contributed by atoms with Gasteiger partial charge in [0.2, 0.25) is 0 Å². The Morgan fingerprint density at radius 3 is 2.56 bits per heavy atom. The van der Waals surface area contributed by atoms with Gasteiger partial charge in [0.05, 0.1) is 36.7 Å². The second-order valence-electron chi connectivity index (χ2n) is 8.21. The highest BCUT2D eigenvalue weighted by molar-refractivity contribution is 5.80.